The molecule has 1 aliphatic heterocycles. The fourth-order valence-corrected chi connectivity index (χ4v) is 2.74. The number of benzene rings is 1. The molecule has 0 unspecified atom stereocenters. The van der Waals surface area contributed by atoms with Gasteiger partial charge in [0.15, 0.2) is 5.78 Å². The first-order valence-electron chi connectivity index (χ1n) is 5.32. The molecule has 1 N–H and O–H groups in total. The highest BCUT2D eigenvalue weighted by molar-refractivity contribution is 8.00. The second kappa shape index (κ2) is 4.89. The van der Waals surface area contributed by atoms with Gasteiger partial charge in [0.2, 0.25) is 5.91 Å². The van der Waals surface area contributed by atoms with E-state index in [2.05, 4.69) is 0 Å². The summed E-state index contributed by atoms with van der Waals surface area (Å²) >= 11 is 1.43. The molecule has 1 amide bonds. The maximum atomic E-state index is 11.7. The maximum absolute atomic E-state index is 11.7. The largest absolute Gasteiger partial charge is 0.395 e. The van der Waals surface area contributed by atoms with E-state index in [-0.39, 0.29) is 18.3 Å². The summed E-state index contributed by atoms with van der Waals surface area (Å²) in [6.07, 6.45) is 0. The number of hydrogen-bond acceptors (Lipinski definition) is 4. The standard InChI is InChI=1S/C12H13NO3S/c1-8(15)9-2-3-10-11(6-9)17-7-12(16)13(10)4-5-14/h2-3,6,14H,4-5,7H2,1H3. The molecule has 1 aliphatic rings. The van der Waals surface area contributed by atoms with Gasteiger partial charge in [0, 0.05) is 17.0 Å². The lowest BCUT2D eigenvalue weighted by Crippen LogP contribution is -2.37. The average molecular weight is 251 g/mol. The van der Waals surface area contributed by atoms with Crippen molar-refractivity contribution >= 4 is 29.1 Å². The summed E-state index contributed by atoms with van der Waals surface area (Å²) in [5, 5.41) is 8.95. The van der Waals surface area contributed by atoms with E-state index in [1.165, 1.54) is 18.7 Å². The summed E-state index contributed by atoms with van der Waals surface area (Å²) in [5.74, 6) is 0.361. The minimum absolute atomic E-state index is 0.00729. The van der Waals surface area contributed by atoms with Crippen molar-refractivity contribution in [1.29, 1.82) is 0 Å². The molecule has 2 rings (SSSR count). The first-order chi connectivity index (χ1) is 8.13. The van der Waals surface area contributed by atoms with Crippen molar-refractivity contribution < 1.29 is 14.7 Å². The predicted molar refractivity (Wildman–Crippen MR) is 66.6 cm³/mol. The van der Waals surface area contributed by atoms with Crippen LogP contribution in [-0.4, -0.2) is 35.7 Å². The van der Waals surface area contributed by atoms with Crippen LogP contribution in [0.25, 0.3) is 0 Å². The Labute approximate surface area is 104 Å². The number of carbonyl (C=O) groups is 2. The average Bonchev–Trinajstić information content (AvgIpc) is 2.32. The summed E-state index contributed by atoms with van der Waals surface area (Å²) in [5.41, 5.74) is 1.43. The van der Waals surface area contributed by atoms with E-state index in [1.54, 1.807) is 23.1 Å². The van der Waals surface area contributed by atoms with Gasteiger partial charge in [0.05, 0.1) is 18.0 Å². The Hall–Kier alpha value is -1.33. The summed E-state index contributed by atoms with van der Waals surface area (Å²) < 4.78 is 0. The van der Waals surface area contributed by atoms with Crippen molar-refractivity contribution in [2.75, 3.05) is 23.8 Å². The number of nitrogens with zero attached hydrogens (tertiary/aromatic N) is 1. The molecule has 4 nitrogen and oxygen atoms in total. The molecule has 0 spiro atoms. The Bertz CT molecular complexity index is 473. The number of aliphatic hydroxyl groups is 1. The Morgan fingerprint density at radius 2 is 2.29 bits per heavy atom. The SMILES string of the molecule is CC(=O)c1ccc2c(c1)SCC(=O)N2CCO. The molecule has 90 valence electrons. The van der Waals surface area contributed by atoms with Crippen LogP contribution in [0.1, 0.15) is 17.3 Å². The van der Waals surface area contributed by atoms with E-state index in [0.717, 1.165) is 10.6 Å². The molecular formula is C12H13NO3S. The number of fused-ring (bicyclic) bond motifs is 1. The lowest BCUT2D eigenvalue weighted by molar-refractivity contribution is -0.116. The molecule has 0 radical (unpaired) electrons. The maximum Gasteiger partial charge on any atom is 0.237 e. The summed E-state index contributed by atoms with van der Waals surface area (Å²) in [6.45, 7) is 1.75. The molecular weight excluding hydrogens is 238 g/mol. The molecule has 1 aromatic carbocycles. The third-order valence-corrected chi connectivity index (χ3v) is 3.66. The second-order valence-corrected chi connectivity index (χ2v) is 4.81. The first kappa shape index (κ1) is 12.1. The molecule has 0 saturated heterocycles. The monoisotopic (exact) mass is 251 g/mol. The van der Waals surface area contributed by atoms with Gasteiger partial charge in [-0.15, -0.1) is 11.8 Å². The zero-order valence-corrected chi connectivity index (χ0v) is 10.3. The van der Waals surface area contributed by atoms with Gasteiger partial charge in [-0.1, -0.05) is 0 Å². The van der Waals surface area contributed by atoms with Gasteiger partial charge in [-0.2, -0.15) is 0 Å². The third-order valence-electron chi connectivity index (χ3n) is 2.63. The Balaban J connectivity index is 2.40. The number of hydrogen-bond donors (Lipinski definition) is 1. The van der Waals surface area contributed by atoms with Crippen LogP contribution in [0.15, 0.2) is 23.1 Å². The molecule has 5 heteroatoms. The molecule has 0 atom stereocenters. The number of Topliss-reactive ketones (excluding diaryl/α,β-unsaturated/α-hetero) is 1. The molecule has 1 aromatic rings. The molecule has 0 saturated carbocycles. The quantitative estimate of drug-likeness (QED) is 0.823. The molecule has 0 fully saturated rings. The Kier molecular flexibility index (Phi) is 3.49. The van der Waals surface area contributed by atoms with Crippen molar-refractivity contribution in [2.45, 2.75) is 11.8 Å². The van der Waals surface area contributed by atoms with E-state index >= 15 is 0 Å². The molecule has 0 aliphatic carbocycles. The van der Waals surface area contributed by atoms with E-state index in [4.69, 9.17) is 5.11 Å². The third kappa shape index (κ3) is 2.35. The van der Waals surface area contributed by atoms with Gasteiger partial charge in [-0.05, 0) is 25.1 Å². The van der Waals surface area contributed by atoms with E-state index in [9.17, 15) is 9.59 Å². The minimum atomic E-state index is -0.0652. The van der Waals surface area contributed by atoms with Gasteiger partial charge in [0.25, 0.3) is 0 Å². The van der Waals surface area contributed by atoms with Crippen molar-refractivity contribution in [3.05, 3.63) is 23.8 Å². The second-order valence-electron chi connectivity index (χ2n) is 3.80. The summed E-state index contributed by atoms with van der Waals surface area (Å²) in [7, 11) is 0. The van der Waals surface area contributed by atoms with Crippen molar-refractivity contribution in [3.63, 3.8) is 0 Å². The number of aliphatic hydroxyl groups excluding tert-OH is 1. The summed E-state index contributed by atoms with van der Waals surface area (Å²) in [4.78, 5) is 25.5. The van der Waals surface area contributed by atoms with Crippen LogP contribution in [0.2, 0.25) is 0 Å². The first-order valence-corrected chi connectivity index (χ1v) is 6.31. The van der Waals surface area contributed by atoms with Crippen LogP contribution < -0.4 is 4.90 Å². The van der Waals surface area contributed by atoms with Gasteiger partial charge in [0.1, 0.15) is 0 Å². The number of ketones is 1. The fraction of sp³-hybridized carbons (Fsp3) is 0.333. The van der Waals surface area contributed by atoms with Crippen molar-refractivity contribution in [3.8, 4) is 0 Å². The number of amides is 1. The number of thioether (sulfide) groups is 1. The lowest BCUT2D eigenvalue weighted by Gasteiger charge is -2.28. The number of carbonyl (C=O) groups excluding carboxylic acids is 2. The van der Waals surface area contributed by atoms with Gasteiger partial charge in [-0.25, -0.2) is 0 Å². The van der Waals surface area contributed by atoms with Gasteiger partial charge < -0.3 is 10.0 Å². The predicted octanol–water partition coefficient (Wildman–Crippen LogP) is 1.32. The number of anilines is 1. The molecule has 0 bridgehead atoms. The van der Waals surface area contributed by atoms with Crippen molar-refractivity contribution in [2.24, 2.45) is 0 Å². The zero-order valence-electron chi connectivity index (χ0n) is 9.47. The highest BCUT2D eigenvalue weighted by Gasteiger charge is 2.24. The van der Waals surface area contributed by atoms with E-state index < -0.39 is 0 Å². The molecule has 17 heavy (non-hydrogen) atoms. The fourth-order valence-electron chi connectivity index (χ4n) is 1.77. The smallest absolute Gasteiger partial charge is 0.237 e. The molecule has 1 heterocycles. The van der Waals surface area contributed by atoms with Crippen LogP contribution in [0.5, 0.6) is 0 Å². The molecule has 0 aromatic heterocycles. The van der Waals surface area contributed by atoms with Crippen LogP contribution in [0.3, 0.4) is 0 Å². The topological polar surface area (TPSA) is 57.6 Å². The zero-order chi connectivity index (χ0) is 12.4. The van der Waals surface area contributed by atoms with Gasteiger partial charge >= 0.3 is 0 Å². The number of rotatable bonds is 3. The Morgan fingerprint density at radius 1 is 1.53 bits per heavy atom. The van der Waals surface area contributed by atoms with E-state index in [0.29, 0.717) is 17.9 Å². The minimum Gasteiger partial charge on any atom is -0.395 e. The highest BCUT2D eigenvalue weighted by atomic mass is 32.2. The normalized spacial score (nSPS) is 14.7. The van der Waals surface area contributed by atoms with Crippen molar-refractivity contribution in [1.82, 2.24) is 0 Å². The summed E-state index contributed by atoms with van der Waals surface area (Å²) in [6, 6.07) is 5.29. The van der Waals surface area contributed by atoms with Gasteiger partial charge in [-0.3, -0.25) is 9.59 Å². The number of β-amino-alcohol motifs (C(OH)–C–C–N with tert-alkyl or cyclic N) is 1. The van der Waals surface area contributed by atoms with E-state index in [1.807, 2.05) is 0 Å². The highest BCUT2D eigenvalue weighted by Crippen LogP contribution is 2.35. The van der Waals surface area contributed by atoms with Crippen LogP contribution >= 0.6 is 11.8 Å². The van der Waals surface area contributed by atoms with Crippen LogP contribution in [-0.2, 0) is 4.79 Å². The van der Waals surface area contributed by atoms with Crippen LogP contribution in [0.4, 0.5) is 5.69 Å². The Morgan fingerprint density at radius 3 is 2.94 bits per heavy atom. The van der Waals surface area contributed by atoms with Crippen LogP contribution in [0, 0.1) is 0 Å². The lowest BCUT2D eigenvalue weighted by atomic mass is 10.1.